The fourth-order valence-electron chi connectivity index (χ4n) is 7.70. The van der Waals surface area contributed by atoms with Crippen molar-refractivity contribution in [3.05, 3.63) is 212 Å². The van der Waals surface area contributed by atoms with Crippen molar-refractivity contribution in [2.45, 2.75) is 0 Å². The van der Waals surface area contributed by atoms with Gasteiger partial charge in [0.25, 0.3) is 0 Å². The van der Waals surface area contributed by atoms with Crippen molar-refractivity contribution >= 4 is 21.7 Å². The molecule has 0 aliphatic rings. The summed E-state index contributed by atoms with van der Waals surface area (Å²) in [5.74, 6) is 0.625. The molecule has 10 rings (SSSR count). The van der Waals surface area contributed by atoms with E-state index in [-0.39, 0.29) is 0 Å². The van der Waals surface area contributed by atoms with Crippen molar-refractivity contribution in [1.82, 2.24) is 15.0 Å². The molecule has 0 atom stereocenters. The van der Waals surface area contributed by atoms with E-state index in [0.717, 1.165) is 94.4 Å². The van der Waals surface area contributed by atoms with Crippen LogP contribution in [0.4, 0.5) is 0 Å². The Hall–Kier alpha value is -7.49. The highest BCUT2D eigenvalue weighted by molar-refractivity contribution is 6.18. The zero-order valence-electron chi connectivity index (χ0n) is 30.5. The van der Waals surface area contributed by atoms with E-state index < -0.39 is 0 Å². The Kier molecular flexibility index (Phi) is 8.51. The van der Waals surface area contributed by atoms with E-state index in [2.05, 4.69) is 200 Å². The highest BCUT2D eigenvalue weighted by Gasteiger charge is 2.20. The van der Waals surface area contributed by atoms with Crippen LogP contribution in [0.3, 0.4) is 0 Å². The Balaban J connectivity index is 1.29. The minimum absolute atomic E-state index is 0.625. The van der Waals surface area contributed by atoms with Gasteiger partial charge < -0.3 is 0 Å². The lowest BCUT2D eigenvalue weighted by Crippen LogP contribution is -1.99. The molecule has 0 unspecified atom stereocenters. The normalized spacial score (nSPS) is 11.2. The number of aromatic nitrogens is 3. The second-order valence-corrected chi connectivity index (χ2v) is 14.0. The Labute approximate surface area is 326 Å². The third kappa shape index (κ3) is 6.31. The minimum Gasteiger partial charge on any atom is -0.247 e. The van der Waals surface area contributed by atoms with Gasteiger partial charge in [-0.1, -0.05) is 176 Å². The lowest BCUT2D eigenvalue weighted by atomic mass is 9.92. The van der Waals surface area contributed by atoms with Gasteiger partial charge in [-0.2, -0.15) is 0 Å². The molecule has 0 amide bonds. The van der Waals surface area contributed by atoms with E-state index in [1.54, 1.807) is 0 Å². The van der Waals surface area contributed by atoms with Crippen LogP contribution in [0.1, 0.15) is 0 Å². The summed E-state index contributed by atoms with van der Waals surface area (Å²) in [5.41, 5.74) is 14.2. The lowest BCUT2D eigenvalue weighted by molar-refractivity contribution is 1.18. The first-order valence-electron chi connectivity index (χ1n) is 18.9. The zero-order chi connectivity index (χ0) is 37.3. The summed E-state index contributed by atoms with van der Waals surface area (Å²) in [6.45, 7) is 0. The monoisotopic (exact) mass is 713 g/mol. The molecule has 3 heteroatoms. The number of nitrogens with zero attached hydrogens (tertiary/aromatic N) is 3. The third-order valence-corrected chi connectivity index (χ3v) is 10.4. The number of fused-ring (bicyclic) bond motifs is 3. The Morgan fingerprint density at radius 3 is 1.25 bits per heavy atom. The van der Waals surface area contributed by atoms with E-state index in [0.29, 0.717) is 5.82 Å². The third-order valence-electron chi connectivity index (χ3n) is 10.4. The number of hydrogen-bond acceptors (Lipinski definition) is 3. The molecular formula is C53H35N3. The van der Waals surface area contributed by atoms with Gasteiger partial charge in [0.2, 0.25) is 0 Å². The summed E-state index contributed by atoms with van der Waals surface area (Å²) in [4.78, 5) is 16.3. The molecule has 2 aromatic heterocycles. The topological polar surface area (TPSA) is 38.7 Å². The van der Waals surface area contributed by atoms with Crippen LogP contribution in [0.5, 0.6) is 0 Å². The van der Waals surface area contributed by atoms with Crippen molar-refractivity contribution in [2.24, 2.45) is 0 Å². The number of benzene rings is 8. The fraction of sp³-hybridized carbons (Fsp3) is 0. The smallest absolute Gasteiger partial charge is 0.162 e. The van der Waals surface area contributed by atoms with Crippen LogP contribution in [0, 0.1) is 0 Å². The van der Waals surface area contributed by atoms with Crippen molar-refractivity contribution in [1.29, 1.82) is 0 Å². The molecule has 56 heavy (non-hydrogen) atoms. The molecule has 0 spiro atoms. The van der Waals surface area contributed by atoms with Crippen molar-refractivity contribution in [3.63, 3.8) is 0 Å². The van der Waals surface area contributed by atoms with Crippen LogP contribution in [0.25, 0.3) is 100 Å². The predicted molar refractivity (Wildman–Crippen MR) is 233 cm³/mol. The van der Waals surface area contributed by atoms with Gasteiger partial charge in [-0.25, -0.2) is 15.0 Å². The number of rotatable bonds is 7. The lowest BCUT2D eigenvalue weighted by Gasteiger charge is -2.17. The maximum Gasteiger partial charge on any atom is 0.162 e. The SMILES string of the molecule is c1ccc(-c2cc(-c3ccccc3)cc(-c3cc(-c4ccccc4)nc(-c4cc5ccccc5c5c(-c6ccccc6)cc(-c6ccccc6)nc45)n3)c2)cc1. The van der Waals surface area contributed by atoms with Gasteiger partial charge >= 0.3 is 0 Å². The predicted octanol–water partition coefficient (Wildman–Crippen LogP) is 13.8. The molecule has 0 radical (unpaired) electrons. The summed E-state index contributed by atoms with van der Waals surface area (Å²) in [6.07, 6.45) is 0. The van der Waals surface area contributed by atoms with E-state index in [1.807, 2.05) is 12.1 Å². The van der Waals surface area contributed by atoms with Gasteiger partial charge in [0, 0.05) is 27.6 Å². The van der Waals surface area contributed by atoms with Gasteiger partial charge in [-0.15, -0.1) is 0 Å². The first-order valence-corrected chi connectivity index (χ1v) is 18.9. The van der Waals surface area contributed by atoms with Gasteiger partial charge in [0.15, 0.2) is 5.82 Å². The molecule has 10 aromatic rings. The first kappa shape index (κ1) is 33.1. The molecule has 0 saturated heterocycles. The molecule has 0 aliphatic carbocycles. The second-order valence-electron chi connectivity index (χ2n) is 14.0. The van der Waals surface area contributed by atoms with Crippen LogP contribution >= 0.6 is 0 Å². The van der Waals surface area contributed by atoms with Crippen LogP contribution in [0.2, 0.25) is 0 Å². The van der Waals surface area contributed by atoms with Crippen LogP contribution in [-0.2, 0) is 0 Å². The van der Waals surface area contributed by atoms with Crippen molar-refractivity contribution in [2.75, 3.05) is 0 Å². The molecule has 0 N–H and O–H groups in total. The van der Waals surface area contributed by atoms with Crippen LogP contribution in [0.15, 0.2) is 212 Å². The Morgan fingerprint density at radius 2 is 0.696 bits per heavy atom. The molecule has 0 saturated carbocycles. The zero-order valence-corrected chi connectivity index (χ0v) is 30.5. The summed E-state index contributed by atoms with van der Waals surface area (Å²) in [6, 6.07) is 74.5. The summed E-state index contributed by atoms with van der Waals surface area (Å²) in [5, 5.41) is 3.32. The van der Waals surface area contributed by atoms with Crippen LogP contribution in [-0.4, -0.2) is 15.0 Å². The average molecular weight is 714 g/mol. The molecular weight excluding hydrogens is 679 g/mol. The fourth-order valence-corrected chi connectivity index (χ4v) is 7.70. The summed E-state index contributed by atoms with van der Waals surface area (Å²) in [7, 11) is 0. The van der Waals surface area contributed by atoms with Gasteiger partial charge in [0.1, 0.15) is 0 Å². The van der Waals surface area contributed by atoms with E-state index in [4.69, 9.17) is 15.0 Å². The standard InChI is InChI=1S/C53H35N3/c1-6-18-36(19-7-1)42-30-43(37-20-8-2-9-21-37)32-44(31-42)50-35-49(40-26-14-5-15-27-40)55-53(56-50)47-33-41-28-16-17-29-45(41)51-46(38-22-10-3-11-23-38)34-48(54-52(47)51)39-24-12-4-13-25-39/h1-35H. The maximum absolute atomic E-state index is 5.49. The molecule has 0 aliphatic heterocycles. The van der Waals surface area contributed by atoms with Crippen molar-refractivity contribution in [3.8, 4) is 78.5 Å². The highest BCUT2D eigenvalue weighted by atomic mass is 14.9. The molecule has 2 heterocycles. The molecule has 0 bridgehead atoms. The summed E-state index contributed by atoms with van der Waals surface area (Å²) < 4.78 is 0. The molecule has 262 valence electrons. The second kappa shape index (κ2) is 14.4. The number of hydrogen-bond donors (Lipinski definition) is 0. The van der Waals surface area contributed by atoms with E-state index in [9.17, 15) is 0 Å². The Morgan fingerprint density at radius 1 is 0.268 bits per heavy atom. The largest absolute Gasteiger partial charge is 0.247 e. The van der Waals surface area contributed by atoms with Gasteiger partial charge in [0.05, 0.1) is 22.6 Å². The molecule has 3 nitrogen and oxygen atoms in total. The number of pyridine rings is 1. The van der Waals surface area contributed by atoms with Crippen LogP contribution < -0.4 is 0 Å². The minimum atomic E-state index is 0.625. The first-order chi connectivity index (χ1) is 27.7. The van der Waals surface area contributed by atoms with E-state index in [1.165, 1.54) is 0 Å². The van der Waals surface area contributed by atoms with Gasteiger partial charge in [-0.05, 0) is 80.6 Å². The summed E-state index contributed by atoms with van der Waals surface area (Å²) >= 11 is 0. The molecule has 0 fully saturated rings. The molecule has 8 aromatic carbocycles. The van der Waals surface area contributed by atoms with E-state index >= 15 is 0 Å². The quantitative estimate of drug-likeness (QED) is 0.154. The van der Waals surface area contributed by atoms with Gasteiger partial charge in [-0.3, -0.25) is 0 Å². The highest BCUT2D eigenvalue weighted by Crippen LogP contribution is 2.42. The average Bonchev–Trinajstić information content (AvgIpc) is 3.29. The maximum atomic E-state index is 5.49. The van der Waals surface area contributed by atoms with Crippen molar-refractivity contribution < 1.29 is 0 Å². The Bertz CT molecular complexity index is 2920.